The summed E-state index contributed by atoms with van der Waals surface area (Å²) in [6, 6.07) is 17.3. The standard InChI is InChI=1S/C21H18N2O2S/c1-13(2)15-7-10-18-17(12-15)23-21(25-18)14-5-8-16(9-6-14)22-20(24)19-4-3-11-26-19/h3-13H,1-2H3,(H,22,24). The first-order valence-electron chi connectivity index (χ1n) is 8.46. The summed E-state index contributed by atoms with van der Waals surface area (Å²) in [6.07, 6.45) is 0. The molecule has 0 aliphatic rings. The van der Waals surface area contributed by atoms with Gasteiger partial charge in [0.15, 0.2) is 5.58 Å². The Morgan fingerprint density at radius 3 is 2.62 bits per heavy atom. The summed E-state index contributed by atoms with van der Waals surface area (Å²) in [5.41, 5.74) is 4.50. The Bertz CT molecular complexity index is 1050. The summed E-state index contributed by atoms with van der Waals surface area (Å²) in [4.78, 5) is 17.4. The monoisotopic (exact) mass is 362 g/mol. The number of aromatic nitrogens is 1. The molecule has 2 aromatic carbocycles. The van der Waals surface area contributed by atoms with Crippen LogP contribution < -0.4 is 5.32 Å². The van der Waals surface area contributed by atoms with E-state index in [1.807, 2.05) is 41.8 Å². The van der Waals surface area contributed by atoms with Crippen LogP contribution in [0.15, 0.2) is 64.4 Å². The van der Waals surface area contributed by atoms with E-state index in [0.29, 0.717) is 16.7 Å². The van der Waals surface area contributed by atoms with Gasteiger partial charge in [-0.25, -0.2) is 4.98 Å². The summed E-state index contributed by atoms with van der Waals surface area (Å²) in [5.74, 6) is 0.929. The molecule has 4 rings (SSSR count). The van der Waals surface area contributed by atoms with Crippen LogP contribution in [-0.4, -0.2) is 10.9 Å². The summed E-state index contributed by atoms with van der Waals surface area (Å²) in [6.45, 7) is 4.32. The van der Waals surface area contributed by atoms with Crippen LogP contribution in [-0.2, 0) is 0 Å². The molecule has 0 spiro atoms. The maximum atomic E-state index is 12.1. The molecule has 130 valence electrons. The minimum absolute atomic E-state index is 0.101. The van der Waals surface area contributed by atoms with E-state index in [1.165, 1.54) is 16.9 Å². The van der Waals surface area contributed by atoms with Crippen LogP contribution >= 0.6 is 11.3 Å². The van der Waals surface area contributed by atoms with E-state index in [9.17, 15) is 4.79 Å². The molecule has 5 heteroatoms. The van der Waals surface area contributed by atoms with Gasteiger partial charge in [-0.1, -0.05) is 26.0 Å². The van der Waals surface area contributed by atoms with E-state index >= 15 is 0 Å². The second-order valence-corrected chi connectivity index (χ2v) is 7.36. The highest BCUT2D eigenvalue weighted by atomic mass is 32.1. The molecule has 0 saturated carbocycles. The summed E-state index contributed by atoms with van der Waals surface area (Å²) < 4.78 is 5.87. The highest BCUT2D eigenvalue weighted by molar-refractivity contribution is 7.12. The number of thiophene rings is 1. The predicted molar refractivity (Wildman–Crippen MR) is 106 cm³/mol. The molecule has 0 saturated heterocycles. The van der Waals surface area contributed by atoms with Gasteiger partial charge in [0.25, 0.3) is 5.91 Å². The average Bonchev–Trinajstić information content (AvgIpc) is 3.31. The second-order valence-electron chi connectivity index (χ2n) is 6.41. The van der Waals surface area contributed by atoms with E-state index in [0.717, 1.165) is 22.4 Å². The van der Waals surface area contributed by atoms with Crippen LogP contribution in [0.3, 0.4) is 0 Å². The zero-order chi connectivity index (χ0) is 18.1. The smallest absolute Gasteiger partial charge is 0.265 e. The number of nitrogens with one attached hydrogen (secondary N) is 1. The van der Waals surface area contributed by atoms with Crippen molar-refractivity contribution in [2.75, 3.05) is 5.32 Å². The Labute approximate surface area is 155 Å². The van der Waals surface area contributed by atoms with Crippen molar-refractivity contribution in [1.29, 1.82) is 0 Å². The van der Waals surface area contributed by atoms with Gasteiger partial charge < -0.3 is 9.73 Å². The van der Waals surface area contributed by atoms with E-state index < -0.39 is 0 Å². The fraction of sp³-hybridized carbons (Fsp3) is 0.143. The second kappa shape index (κ2) is 6.77. The molecule has 4 nitrogen and oxygen atoms in total. The van der Waals surface area contributed by atoms with E-state index in [1.54, 1.807) is 6.07 Å². The first-order valence-corrected chi connectivity index (χ1v) is 9.34. The molecule has 0 radical (unpaired) electrons. The molecule has 1 amide bonds. The van der Waals surface area contributed by atoms with Gasteiger partial charge in [0, 0.05) is 11.3 Å². The predicted octanol–water partition coefficient (Wildman–Crippen LogP) is 5.93. The number of carbonyl (C=O) groups is 1. The number of fused-ring (bicyclic) bond motifs is 1. The maximum absolute atomic E-state index is 12.1. The first-order chi connectivity index (χ1) is 12.6. The van der Waals surface area contributed by atoms with Crippen molar-refractivity contribution < 1.29 is 9.21 Å². The molecule has 0 bridgehead atoms. The Kier molecular flexibility index (Phi) is 4.31. The molecular formula is C21H18N2O2S. The number of rotatable bonds is 4. The van der Waals surface area contributed by atoms with Crippen molar-refractivity contribution >= 4 is 34.0 Å². The first kappa shape index (κ1) is 16.5. The molecule has 0 aliphatic heterocycles. The normalized spacial score (nSPS) is 11.2. The van der Waals surface area contributed by atoms with E-state index in [2.05, 4.69) is 36.3 Å². The lowest BCUT2D eigenvalue weighted by Gasteiger charge is -2.04. The average molecular weight is 362 g/mol. The van der Waals surface area contributed by atoms with Crippen molar-refractivity contribution in [2.24, 2.45) is 0 Å². The van der Waals surface area contributed by atoms with Crippen LogP contribution in [0.25, 0.3) is 22.6 Å². The molecule has 4 aromatic rings. The number of nitrogens with zero attached hydrogens (tertiary/aromatic N) is 1. The highest BCUT2D eigenvalue weighted by Gasteiger charge is 2.11. The largest absolute Gasteiger partial charge is 0.436 e. The van der Waals surface area contributed by atoms with Crippen molar-refractivity contribution in [3.05, 3.63) is 70.4 Å². The molecule has 0 atom stereocenters. The van der Waals surface area contributed by atoms with Gasteiger partial charge in [-0.15, -0.1) is 11.3 Å². The maximum Gasteiger partial charge on any atom is 0.265 e. The van der Waals surface area contributed by atoms with Crippen LogP contribution in [0, 0.1) is 0 Å². The fourth-order valence-electron chi connectivity index (χ4n) is 2.72. The third-order valence-corrected chi connectivity index (χ3v) is 5.08. The van der Waals surface area contributed by atoms with Crippen molar-refractivity contribution in [3.8, 4) is 11.5 Å². The van der Waals surface area contributed by atoms with Gasteiger partial charge in [-0.3, -0.25) is 4.79 Å². The van der Waals surface area contributed by atoms with Crippen molar-refractivity contribution in [3.63, 3.8) is 0 Å². The molecule has 0 aliphatic carbocycles. The highest BCUT2D eigenvalue weighted by Crippen LogP contribution is 2.27. The Hall–Kier alpha value is -2.92. The Morgan fingerprint density at radius 1 is 1.12 bits per heavy atom. The van der Waals surface area contributed by atoms with E-state index in [4.69, 9.17) is 4.42 Å². The van der Waals surface area contributed by atoms with Gasteiger partial charge in [0.05, 0.1) is 4.88 Å². The Morgan fingerprint density at radius 2 is 1.92 bits per heavy atom. The van der Waals surface area contributed by atoms with Crippen LogP contribution in [0.5, 0.6) is 0 Å². The lowest BCUT2D eigenvalue weighted by atomic mass is 10.0. The molecular weight excluding hydrogens is 344 g/mol. The number of benzene rings is 2. The molecule has 1 N–H and O–H groups in total. The van der Waals surface area contributed by atoms with E-state index in [-0.39, 0.29) is 5.91 Å². The topological polar surface area (TPSA) is 55.1 Å². The third-order valence-electron chi connectivity index (χ3n) is 4.21. The summed E-state index contributed by atoms with van der Waals surface area (Å²) >= 11 is 1.42. The van der Waals surface area contributed by atoms with Gasteiger partial charge in [0.1, 0.15) is 5.52 Å². The number of hydrogen-bond acceptors (Lipinski definition) is 4. The molecule has 2 heterocycles. The molecule has 0 fully saturated rings. The molecule has 0 unspecified atom stereocenters. The summed E-state index contributed by atoms with van der Waals surface area (Å²) in [7, 11) is 0. The zero-order valence-corrected chi connectivity index (χ0v) is 15.3. The van der Waals surface area contributed by atoms with Crippen LogP contribution in [0.2, 0.25) is 0 Å². The van der Waals surface area contributed by atoms with Crippen LogP contribution in [0.4, 0.5) is 5.69 Å². The number of carbonyl (C=O) groups excluding carboxylic acids is 1. The quantitative estimate of drug-likeness (QED) is 0.489. The lowest BCUT2D eigenvalue weighted by molar-refractivity contribution is 0.103. The number of hydrogen-bond donors (Lipinski definition) is 1. The van der Waals surface area contributed by atoms with Crippen molar-refractivity contribution in [2.45, 2.75) is 19.8 Å². The number of anilines is 1. The SMILES string of the molecule is CC(C)c1ccc2oc(-c3ccc(NC(=O)c4cccs4)cc3)nc2c1. The fourth-order valence-corrected chi connectivity index (χ4v) is 3.34. The van der Waals surface area contributed by atoms with Gasteiger partial charge >= 0.3 is 0 Å². The number of oxazole rings is 1. The minimum atomic E-state index is -0.101. The zero-order valence-electron chi connectivity index (χ0n) is 14.5. The van der Waals surface area contributed by atoms with Gasteiger partial charge in [-0.2, -0.15) is 0 Å². The minimum Gasteiger partial charge on any atom is -0.436 e. The Balaban J connectivity index is 1.56. The molecule has 2 aromatic heterocycles. The third kappa shape index (κ3) is 3.26. The van der Waals surface area contributed by atoms with Crippen molar-refractivity contribution in [1.82, 2.24) is 4.98 Å². The molecule has 26 heavy (non-hydrogen) atoms. The number of amides is 1. The van der Waals surface area contributed by atoms with Gasteiger partial charge in [0.2, 0.25) is 5.89 Å². The summed E-state index contributed by atoms with van der Waals surface area (Å²) in [5, 5.41) is 4.77. The lowest BCUT2D eigenvalue weighted by Crippen LogP contribution is -2.09. The van der Waals surface area contributed by atoms with Crippen LogP contribution in [0.1, 0.15) is 35.0 Å². The van der Waals surface area contributed by atoms with Gasteiger partial charge in [-0.05, 0) is 59.3 Å².